The first-order chi connectivity index (χ1) is 12.6. The third-order valence-corrected chi connectivity index (χ3v) is 5.22. The van der Waals surface area contributed by atoms with E-state index < -0.39 is 0 Å². The van der Waals surface area contributed by atoms with Gasteiger partial charge in [-0.1, -0.05) is 35.9 Å². The quantitative estimate of drug-likeness (QED) is 0.878. The van der Waals surface area contributed by atoms with Crippen LogP contribution in [0.15, 0.2) is 48.5 Å². The van der Waals surface area contributed by atoms with Gasteiger partial charge in [-0.3, -0.25) is 0 Å². The molecule has 1 saturated carbocycles. The van der Waals surface area contributed by atoms with Crippen molar-refractivity contribution >= 4 is 17.6 Å². The second kappa shape index (κ2) is 7.25. The fraction of sp³-hybridized carbons (Fsp3) is 0.350. The standard InChI is InChI=1S/C20H20ClFN2O2/c21-15-6-4-13(5-7-15)19-12-24(8-9-26-19)20(25)23-18-11-17(18)14-2-1-3-16(22)10-14/h1-7,10,17-19H,8-9,11-12H2,(H,23,25)/t17-,18+,19+/m0/s1. The predicted molar refractivity (Wildman–Crippen MR) is 97.8 cm³/mol. The second-order valence-corrected chi connectivity index (χ2v) is 7.25. The number of hydrogen-bond donors (Lipinski definition) is 1. The van der Waals surface area contributed by atoms with Gasteiger partial charge in [0.1, 0.15) is 11.9 Å². The van der Waals surface area contributed by atoms with Gasteiger partial charge in [0.25, 0.3) is 0 Å². The van der Waals surface area contributed by atoms with Crippen molar-refractivity contribution < 1.29 is 13.9 Å². The normalized spacial score (nSPS) is 25.0. The van der Waals surface area contributed by atoms with Gasteiger partial charge in [-0.15, -0.1) is 0 Å². The summed E-state index contributed by atoms with van der Waals surface area (Å²) in [6.45, 7) is 1.57. The van der Waals surface area contributed by atoms with Crippen molar-refractivity contribution in [3.05, 3.63) is 70.5 Å². The fourth-order valence-electron chi connectivity index (χ4n) is 3.42. The van der Waals surface area contributed by atoms with Crippen molar-refractivity contribution in [1.82, 2.24) is 10.2 Å². The van der Waals surface area contributed by atoms with Crippen LogP contribution in [0, 0.1) is 5.82 Å². The lowest BCUT2D eigenvalue weighted by Crippen LogP contribution is -2.47. The first kappa shape index (κ1) is 17.3. The maximum absolute atomic E-state index is 13.3. The zero-order valence-corrected chi connectivity index (χ0v) is 15.0. The first-order valence-electron chi connectivity index (χ1n) is 8.78. The van der Waals surface area contributed by atoms with Crippen LogP contribution in [0.25, 0.3) is 0 Å². The summed E-state index contributed by atoms with van der Waals surface area (Å²) in [5.41, 5.74) is 1.95. The molecule has 4 rings (SSSR count). The van der Waals surface area contributed by atoms with Gasteiger partial charge in [0, 0.05) is 23.5 Å². The number of urea groups is 1. The largest absolute Gasteiger partial charge is 0.370 e. The molecule has 4 nitrogen and oxygen atoms in total. The van der Waals surface area contributed by atoms with Crippen LogP contribution in [-0.2, 0) is 4.74 Å². The maximum Gasteiger partial charge on any atom is 0.317 e. The van der Waals surface area contributed by atoms with Crippen LogP contribution in [0.5, 0.6) is 0 Å². The summed E-state index contributed by atoms with van der Waals surface area (Å²) in [5, 5.41) is 3.74. The highest BCUT2D eigenvalue weighted by molar-refractivity contribution is 6.30. The monoisotopic (exact) mass is 374 g/mol. The van der Waals surface area contributed by atoms with E-state index in [4.69, 9.17) is 16.3 Å². The van der Waals surface area contributed by atoms with E-state index in [1.54, 1.807) is 17.0 Å². The van der Waals surface area contributed by atoms with E-state index in [9.17, 15) is 9.18 Å². The number of morpholine rings is 1. The number of rotatable bonds is 3. The van der Waals surface area contributed by atoms with E-state index in [2.05, 4.69) is 5.32 Å². The molecule has 0 bridgehead atoms. The molecule has 2 fully saturated rings. The maximum atomic E-state index is 13.3. The minimum atomic E-state index is -0.238. The van der Waals surface area contributed by atoms with E-state index in [0.29, 0.717) is 24.7 Å². The first-order valence-corrected chi connectivity index (χ1v) is 9.16. The van der Waals surface area contributed by atoms with E-state index in [1.807, 2.05) is 30.3 Å². The van der Waals surface area contributed by atoms with Gasteiger partial charge in [0.15, 0.2) is 0 Å². The van der Waals surface area contributed by atoms with Crippen LogP contribution < -0.4 is 5.32 Å². The van der Waals surface area contributed by atoms with Crippen molar-refractivity contribution in [2.45, 2.75) is 24.5 Å². The van der Waals surface area contributed by atoms with Gasteiger partial charge in [0.05, 0.1) is 13.2 Å². The average molecular weight is 375 g/mol. The molecular weight excluding hydrogens is 355 g/mol. The number of nitrogens with zero attached hydrogens (tertiary/aromatic N) is 1. The number of carbonyl (C=O) groups is 1. The van der Waals surface area contributed by atoms with Crippen molar-refractivity contribution in [2.75, 3.05) is 19.7 Å². The van der Waals surface area contributed by atoms with Crippen LogP contribution in [0.4, 0.5) is 9.18 Å². The molecule has 0 aromatic heterocycles. The molecule has 26 heavy (non-hydrogen) atoms. The molecule has 3 atom stereocenters. The van der Waals surface area contributed by atoms with E-state index in [-0.39, 0.29) is 29.9 Å². The molecule has 2 aromatic rings. The van der Waals surface area contributed by atoms with Crippen LogP contribution in [-0.4, -0.2) is 36.7 Å². The smallest absolute Gasteiger partial charge is 0.317 e. The summed E-state index contributed by atoms with van der Waals surface area (Å²) < 4.78 is 19.1. The topological polar surface area (TPSA) is 41.6 Å². The average Bonchev–Trinajstić information content (AvgIpc) is 3.41. The molecule has 0 unspecified atom stereocenters. The summed E-state index contributed by atoms with van der Waals surface area (Å²) in [7, 11) is 0. The Morgan fingerprint density at radius 1 is 1.19 bits per heavy atom. The molecule has 2 aliphatic rings. The Morgan fingerprint density at radius 2 is 2.00 bits per heavy atom. The highest BCUT2D eigenvalue weighted by Crippen LogP contribution is 2.41. The minimum Gasteiger partial charge on any atom is -0.370 e. The number of halogens is 2. The molecule has 1 aliphatic carbocycles. The van der Waals surface area contributed by atoms with Crippen molar-refractivity contribution in [3.63, 3.8) is 0 Å². The fourth-order valence-corrected chi connectivity index (χ4v) is 3.55. The van der Waals surface area contributed by atoms with Gasteiger partial charge in [-0.2, -0.15) is 0 Å². The van der Waals surface area contributed by atoms with Crippen LogP contribution >= 0.6 is 11.6 Å². The molecule has 1 N–H and O–H groups in total. The Labute approximate surface area is 156 Å². The molecule has 1 heterocycles. The number of nitrogens with one attached hydrogen (secondary N) is 1. The van der Waals surface area contributed by atoms with Gasteiger partial charge < -0.3 is 15.0 Å². The Morgan fingerprint density at radius 3 is 2.77 bits per heavy atom. The minimum absolute atomic E-state index is 0.0705. The van der Waals surface area contributed by atoms with Crippen LogP contribution in [0.1, 0.15) is 29.6 Å². The number of carbonyl (C=O) groups excluding carboxylic acids is 1. The number of ether oxygens (including phenoxy) is 1. The predicted octanol–water partition coefficient (Wildman–Crippen LogP) is 4.12. The van der Waals surface area contributed by atoms with E-state index in [1.165, 1.54) is 6.07 Å². The van der Waals surface area contributed by atoms with Crippen molar-refractivity contribution in [1.29, 1.82) is 0 Å². The summed E-state index contributed by atoms with van der Waals surface area (Å²) in [5.74, 6) is -0.0405. The second-order valence-electron chi connectivity index (χ2n) is 6.81. The third kappa shape index (κ3) is 3.84. The molecule has 2 amide bonds. The van der Waals surface area contributed by atoms with E-state index >= 15 is 0 Å². The SMILES string of the molecule is O=C(N[C@@H]1C[C@H]1c1cccc(F)c1)N1CCO[C@@H](c2ccc(Cl)cc2)C1. The number of benzene rings is 2. The summed E-state index contributed by atoms with van der Waals surface area (Å²) >= 11 is 5.93. The van der Waals surface area contributed by atoms with Gasteiger partial charge in [-0.25, -0.2) is 9.18 Å². The Bertz CT molecular complexity index is 799. The van der Waals surface area contributed by atoms with Gasteiger partial charge in [-0.05, 0) is 41.8 Å². The molecule has 1 aliphatic heterocycles. The summed E-state index contributed by atoms with van der Waals surface area (Å²) in [4.78, 5) is 14.4. The Hall–Kier alpha value is -2.11. The lowest BCUT2D eigenvalue weighted by molar-refractivity contribution is -0.0154. The molecule has 6 heteroatoms. The Kier molecular flexibility index (Phi) is 4.83. The molecule has 136 valence electrons. The van der Waals surface area contributed by atoms with Gasteiger partial charge >= 0.3 is 6.03 Å². The zero-order chi connectivity index (χ0) is 18.1. The molecule has 1 saturated heterocycles. The Balaban J connectivity index is 1.34. The van der Waals surface area contributed by atoms with Crippen molar-refractivity contribution in [3.8, 4) is 0 Å². The van der Waals surface area contributed by atoms with Gasteiger partial charge in [0.2, 0.25) is 0 Å². The molecule has 2 aromatic carbocycles. The zero-order valence-electron chi connectivity index (χ0n) is 14.2. The van der Waals surface area contributed by atoms with E-state index in [0.717, 1.165) is 17.5 Å². The number of amides is 2. The molecular formula is C20H20ClFN2O2. The summed E-state index contributed by atoms with van der Waals surface area (Å²) in [6.07, 6.45) is 0.699. The van der Waals surface area contributed by atoms with Crippen molar-refractivity contribution in [2.24, 2.45) is 0 Å². The third-order valence-electron chi connectivity index (χ3n) is 4.97. The lowest BCUT2D eigenvalue weighted by atomic mass is 10.1. The summed E-state index contributed by atoms with van der Waals surface area (Å²) in [6, 6.07) is 14.1. The molecule has 0 radical (unpaired) electrons. The highest BCUT2D eigenvalue weighted by atomic mass is 35.5. The molecule has 0 spiro atoms. The lowest BCUT2D eigenvalue weighted by Gasteiger charge is -2.33. The van der Waals surface area contributed by atoms with Crippen LogP contribution in [0.3, 0.4) is 0 Å². The highest BCUT2D eigenvalue weighted by Gasteiger charge is 2.40. The number of hydrogen-bond acceptors (Lipinski definition) is 2. The van der Waals surface area contributed by atoms with Crippen LogP contribution in [0.2, 0.25) is 5.02 Å².